The highest BCUT2D eigenvalue weighted by atomic mass is 79.9. The fraction of sp³-hybridized carbons (Fsp3) is 0.136. The van der Waals surface area contributed by atoms with E-state index >= 15 is 0 Å². The molecule has 0 atom stereocenters. The largest absolute Gasteiger partial charge is 0.445 e. The van der Waals surface area contributed by atoms with E-state index in [1.165, 1.54) is 33.4 Å². The zero-order valence-corrected chi connectivity index (χ0v) is 40.0. The number of aromatic nitrogens is 4. The van der Waals surface area contributed by atoms with E-state index in [0.717, 1.165) is 105 Å². The number of amides is 1. The number of hydrogen-bond donors (Lipinski definition) is 3. The Morgan fingerprint density at radius 3 is 1.34 bits per heavy atom. The van der Waals surface area contributed by atoms with Gasteiger partial charge in [-0.05, 0) is 158 Å². The Labute approximate surface area is 399 Å². The zero-order valence-electron chi connectivity index (χ0n) is 38.4. The van der Waals surface area contributed by atoms with E-state index in [4.69, 9.17) is 14.7 Å². The molecule has 0 radical (unpaired) electrons. The molecule has 0 saturated carbocycles. The lowest BCUT2D eigenvalue weighted by molar-refractivity contribution is 0.139. The van der Waals surface area contributed by atoms with E-state index in [9.17, 15) is 4.79 Å². The molecule has 67 heavy (non-hydrogen) atoms. The van der Waals surface area contributed by atoms with Gasteiger partial charge < -0.3 is 20.0 Å². The van der Waals surface area contributed by atoms with Gasteiger partial charge in [0, 0.05) is 55.3 Å². The van der Waals surface area contributed by atoms with Crippen LogP contribution in [0.5, 0.6) is 0 Å². The summed E-state index contributed by atoms with van der Waals surface area (Å²) < 4.78 is 6.50. The molecule has 1 amide bonds. The maximum Gasteiger partial charge on any atom is 0.407 e. The molecule has 5 heterocycles. The summed E-state index contributed by atoms with van der Waals surface area (Å²) in [6.07, 6.45) is 8.11. The Hall–Kier alpha value is -7.55. The zero-order chi connectivity index (χ0) is 46.3. The van der Waals surface area contributed by atoms with Crippen LogP contribution in [0.3, 0.4) is 0 Å². The number of ether oxygens (including phenoxy) is 1. The van der Waals surface area contributed by atoms with Crippen molar-refractivity contribution in [3.05, 3.63) is 199 Å². The first-order valence-electron chi connectivity index (χ1n) is 22.6. The molecule has 10 rings (SSSR count). The van der Waals surface area contributed by atoms with Crippen LogP contribution in [0.1, 0.15) is 67.3 Å². The number of benzene rings is 5. The first-order chi connectivity index (χ1) is 32.5. The fourth-order valence-electron chi connectivity index (χ4n) is 9.84. The number of halogens is 1. The number of nitrogens with one attached hydrogen (secondary N) is 3. The molecule has 0 unspecified atom stereocenters. The molecule has 0 saturated heterocycles. The van der Waals surface area contributed by atoms with Gasteiger partial charge in [0.15, 0.2) is 0 Å². The van der Waals surface area contributed by atoms with Gasteiger partial charge in [0.05, 0.1) is 22.8 Å². The molecule has 7 nitrogen and oxygen atoms in total. The van der Waals surface area contributed by atoms with Crippen LogP contribution in [0.25, 0.3) is 90.9 Å². The molecule has 2 aliphatic rings. The Bertz CT molecular complexity index is 3390. The molecule has 8 heteroatoms. The molecular formula is C59H50BrN5O2. The van der Waals surface area contributed by atoms with Gasteiger partial charge in [-0.1, -0.05) is 118 Å². The van der Waals surface area contributed by atoms with Crippen molar-refractivity contribution in [3.8, 4) is 44.5 Å². The second-order valence-corrected chi connectivity index (χ2v) is 18.6. The van der Waals surface area contributed by atoms with Crippen molar-refractivity contribution in [3.63, 3.8) is 0 Å². The SMILES string of the molecule is Cc1cc(C)c(-c2c3nc(c(-c4ccc(CNC(=O)OCc5ccccc5)cc4)c4ccc([nH]4)c(-c4c(C)cc(C)cc4C)c4nc(c(-c5ccc(Br)cc5)c5ccc2[nH]5)C=C4)C=C3)c(C)c1. The maximum atomic E-state index is 12.7. The van der Waals surface area contributed by atoms with Crippen molar-refractivity contribution in [2.24, 2.45) is 0 Å². The molecule has 8 aromatic rings. The van der Waals surface area contributed by atoms with Crippen LogP contribution in [0.15, 0.2) is 132 Å². The number of alkyl carbamates (subject to hydrolysis) is 1. The third-order valence-electron chi connectivity index (χ3n) is 12.6. The predicted octanol–water partition coefficient (Wildman–Crippen LogP) is 15.4. The fourth-order valence-corrected chi connectivity index (χ4v) is 10.1. The Balaban J connectivity index is 1.23. The Kier molecular flexibility index (Phi) is 11.7. The summed E-state index contributed by atoms with van der Waals surface area (Å²) in [6.45, 7) is 13.6. The monoisotopic (exact) mass is 939 g/mol. The van der Waals surface area contributed by atoms with Gasteiger partial charge in [-0.2, -0.15) is 0 Å². The van der Waals surface area contributed by atoms with Crippen LogP contribution in [-0.4, -0.2) is 26.0 Å². The van der Waals surface area contributed by atoms with Gasteiger partial charge in [0.25, 0.3) is 0 Å². The summed E-state index contributed by atoms with van der Waals surface area (Å²) in [5.41, 5.74) is 24.6. The van der Waals surface area contributed by atoms with Crippen molar-refractivity contribution >= 4 is 68.4 Å². The molecule has 3 N–H and O–H groups in total. The summed E-state index contributed by atoms with van der Waals surface area (Å²) in [4.78, 5) is 31.6. The number of H-pyrrole nitrogens is 2. The number of nitrogens with zero attached hydrogens (tertiary/aromatic N) is 2. The summed E-state index contributed by atoms with van der Waals surface area (Å²) in [5, 5.41) is 2.91. The van der Waals surface area contributed by atoms with Crippen molar-refractivity contribution in [1.82, 2.24) is 25.3 Å². The highest BCUT2D eigenvalue weighted by molar-refractivity contribution is 9.10. The average Bonchev–Trinajstić information content (AvgIpc) is 4.16. The maximum absolute atomic E-state index is 12.7. The smallest absolute Gasteiger partial charge is 0.407 e. The summed E-state index contributed by atoms with van der Waals surface area (Å²) in [7, 11) is 0. The lowest BCUT2D eigenvalue weighted by Crippen LogP contribution is -2.23. The van der Waals surface area contributed by atoms with E-state index in [1.54, 1.807) is 0 Å². The van der Waals surface area contributed by atoms with Crippen LogP contribution in [0.2, 0.25) is 0 Å². The Morgan fingerprint density at radius 1 is 0.493 bits per heavy atom. The van der Waals surface area contributed by atoms with Crippen molar-refractivity contribution in [1.29, 1.82) is 0 Å². The van der Waals surface area contributed by atoms with E-state index < -0.39 is 6.09 Å². The average molecular weight is 941 g/mol. The summed E-state index contributed by atoms with van der Waals surface area (Å²) in [6, 6.07) is 44.1. The Morgan fingerprint density at radius 2 is 0.896 bits per heavy atom. The lowest BCUT2D eigenvalue weighted by atomic mass is 9.92. The number of rotatable bonds is 8. The third kappa shape index (κ3) is 8.68. The van der Waals surface area contributed by atoms with Crippen LogP contribution >= 0.6 is 15.9 Å². The van der Waals surface area contributed by atoms with E-state index in [1.807, 2.05) is 30.3 Å². The molecule has 8 bridgehead atoms. The topological polar surface area (TPSA) is 95.7 Å². The van der Waals surface area contributed by atoms with Gasteiger partial charge in [-0.25, -0.2) is 14.8 Å². The second kappa shape index (κ2) is 18.0. The van der Waals surface area contributed by atoms with Gasteiger partial charge >= 0.3 is 6.09 Å². The second-order valence-electron chi connectivity index (χ2n) is 17.7. The molecule has 0 spiro atoms. The number of aryl methyl sites for hydroxylation is 6. The van der Waals surface area contributed by atoms with Crippen LogP contribution in [0, 0.1) is 41.5 Å². The molecule has 2 aliphatic heterocycles. The first kappa shape index (κ1) is 43.3. The predicted molar refractivity (Wildman–Crippen MR) is 280 cm³/mol. The van der Waals surface area contributed by atoms with Crippen molar-refractivity contribution in [2.45, 2.75) is 54.7 Å². The number of fused-ring (bicyclic) bond motifs is 8. The van der Waals surface area contributed by atoms with Gasteiger partial charge in [-0.3, -0.25) is 0 Å². The van der Waals surface area contributed by atoms with E-state index in [-0.39, 0.29) is 6.61 Å². The third-order valence-corrected chi connectivity index (χ3v) is 13.2. The first-order valence-corrected chi connectivity index (χ1v) is 23.4. The minimum Gasteiger partial charge on any atom is -0.445 e. The highest BCUT2D eigenvalue weighted by Crippen LogP contribution is 2.41. The van der Waals surface area contributed by atoms with Crippen LogP contribution in [-0.2, 0) is 17.9 Å². The number of carbonyl (C=O) groups is 1. The molecule has 330 valence electrons. The lowest BCUT2D eigenvalue weighted by Gasteiger charge is -2.13. The molecule has 0 fully saturated rings. The van der Waals surface area contributed by atoms with Gasteiger partial charge in [0.2, 0.25) is 0 Å². The molecule has 5 aromatic carbocycles. The van der Waals surface area contributed by atoms with E-state index in [0.29, 0.717) is 6.54 Å². The molecular weight excluding hydrogens is 891 g/mol. The molecule has 0 aliphatic carbocycles. The number of hydrogen-bond acceptors (Lipinski definition) is 4. The van der Waals surface area contributed by atoms with Crippen LogP contribution in [0.4, 0.5) is 4.79 Å². The minimum atomic E-state index is -0.465. The normalized spacial score (nSPS) is 11.9. The molecule has 3 aromatic heterocycles. The van der Waals surface area contributed by atoms with Crippen molar-refractivity contribution in [2.75, 3.05) is 0 Å². The highest BCUT2D eigenvalue weighted by Gasteiger charge is 2.22. The van der Waals surface area contributed by atoms with Gasteiger partial charge in [0.1, 0.15) is 6.61 Å². The minimum absolute atomic E-state index is 0.209. The summed E-state index contributed by atoms with van der Waals surface area (Å²) >= 11 is 3.67. The standard InChI is InChI=1S/C59H50BrN5O2/c1-34-28-36(3)53(37(4)29-34)57-49-24-20-45(62-49)55(42-14-12-40(13-15-42)32-61-59(66)67-33-41-10-8-7-9-11-41)46-21-25-50(63-46)58(54-38(5)30-35(2)31-39(54)6)52-27-23-48(65-52)56(47-22-26-51(57)64-47)43-16-18-44(60)19-17-43/h7-31,62,65H,32-33H2,1-6H3,(H,61,66). The quantitative estimate of drug-likeness (QED) is 0.141. The summed E-state index contributed by atoms with van der Waals surface area (Å²) in [5.74, 6) is 0. The van der Waals surface area contributed by atoms with Crippen LogP contribution < -0.4 is 5.32 Å². The van der Waals surface area contributed by atoms with Gasteiger partial charge in [-0.15, -0.1) is 0 Å². The number of aromatic amines is 2. The van der Waals surface area contributed by atoms with E-state index in [2.05, 4.69) is 194 Å². The number of carbonyl (C=O) groups excluding carboxylic acids is 1. The van der Waals surface area contributed by atoms with Crippen molar-refractivity contribution < 1.29 is 9.53 Å².